The number of unbranched alkanes of at least 4 members (excludes halogenated alkanes) is 29. The van der Waals surface area contributed by atoms with Crippen molar-refractivity contribution in [3.8, 4) is 0 Å². The van der Waals surface area contributed by atoms with Crippen LogP contribution in [-0.4, -0.2) is 59.0 Å². The normalized spacial score (nSPS) is 11.2. The molecular weight excluding hydrogens is 558 g/mol. The smallest absolute Gasteiger partial charge is 0.303 e. The molecule has 45 heavy (non-hydrogen) atoms. The Labute approximate surface area is 282 Å². The van der Waals surface area contributed by atoms with Gasteiger partial charge in [0.25, 0.3) is 0 Å². The molecule has 0 fully saturated rings. The van der Waals surface area contributed by atoms with Crippen LogP contribution in [0.2, 0.25) is 0 Å². The van der Waals surface area contributed by atoms with Crippen LogP contribution >= 0.6 is 0 Å². The van der Waals surface area contributed by atoms with Crippen molar-refractivity contribution in [3.63, 3.8) is 0 Å². The average Bonchev–Trinajstić information content (AvgIpc) is 3.03. The highest BCUT2D eigenvalue weighted by molar-refractivity contribution is 5.66. The standard InChI is InChI=1S/C21H45NO2.C19H38O2/c1-2-3-4-5-6-7-8-9-10-11-12-13-14-15-16-17-22(18-20-23)19-21-24;1-2-3-4-5-6-7-8-9-10-11-12-13-14-15-16-17-18-19(20)21/h23-24H,2-21H2,1H3;2-18H2,1H3,(H,20,21). The van der Waals surface area contributed by atoms with Gasteiger partial charge in [-0.3, -0.25) is 9.69 Å². The van der Waals surface area contributed by atoms with Crippen molar-refractivity contribution < 1.29 is 20.1 Å². The third-order valence-electron chi connectivity index (χ3n) is 9.15. The number of hydrogen-bond donors (Lipinski definition) is 3. The summed E-state index contributed by atoms with van der Waals surface area (Å²) >= 11 is 0. The Morgan fingerprint density at radius 1 is 0.378 bits per heavy atom. The molecule has 0 bridgehead atoms. The molecule has 3 N–H and O–H groups in total. The van der Waals surface area contributed by atoms with Gasteiger partial charge in [-0.15, -0.1) is 0 Å². The first-order valence-corrected chi connectivity index (χ1v) is 20.3. The predicted molar refractivity (Wildman–Crippen MR) is 197 cm³/mol. The Bertz CT molecular complexity index is 524. The summed E-state index contributed by atoms with van der Waals surface area (Å²) in [6.07, 6.45) is 42.5. The van der Waals surface area contributed by atoms with Gasteiger partial charge in [0.2, 0.25) is 0 Å². The summed E-state index contributed by atoms with van der Waals surface area (Å²) < 4.78 is 0. The van der Waals surface area contributed by atoms with Crippen LogP contribution in [-0.2, 0) is 4.79 Å². The van der Waals surface area contributed by atoms with Gasteiger partial charge in [0.1, 0.15) is 0 Å². The lowest BCUT2D eigenvalue weighted by molar-refractivity contribution is -0.137. The maximum absolute atomic E-state index is 10.3. The minimum absolute atomic E-state index is 0.193. The highest BCUT2D eigenvalue weighted by Gasteiger charge is 2.03. The lowest BCUT2D eigenvalue weighted by Gasteiger charge is -2.19. The van der Waals surface area contributed by atoms with E-state index in [2.05, 4.69) is 18.7 Å². The molecule has 5 nitrogen and oxygen atoms in total. The number of rotatable bonds is 37. The molecular formula is C40H83NO4. The number of nitrogens with zero attached hydrogens (tertiary/aromatic N) is 1. The minimum Gasteiger partial charge on any atom is -0.481 e. The van der Waals surface area contributed by atoms with Gasteiger partial charge in [-0.05, 0) is 19.4 Å². The number of carboxylic acids is 1. The Kier molecular flexibility index (Phi) is 44.8. The molecule has 0 aliphatic carbocycles. The molecule has 0 radical (unpaired) electrons. The molecule has 0 aromatic carbocycles. The predicted octanol–water partition coefficient (Wildman–Crippen LogP) is 11.9. The third kappa shape index (κ3) is 45.5. The molecule has 0 amide bonds. The highest BCUT2D eigenvalue weighted by atomic mass is 16.4. The molecule has 5 heteroatoms. The molecule has 272 valence electrons. The molecule has 0 heterocycles. The number of carboxylic acid groups (broad SMARTS) is 1. The Morgan fingerprint density at radius 2 is 0.622 bits per heavy atom. The van der Waals surface area contributed by atoms with E-state index in [1.807, 2.05) is 0 Å². The summed E-state index contributed by atoms with van der Waals surface area (Å²) in [5.74, 6) is -0.652. The van der Waals surface area contributed by atoms with Crippen LogP contribution in [0.25, 0.3) is 0 Å². The largest absolute Gasteiger partial charge is 0.481 e. The first kappa shape index (κ1) is 46.5. The van der Waals surface area contributed by atoms with Crippen molar-refractivity contribution in [2.24, 2.45) is 0 Å². The summed E-state index contributed by atoms with van der Waals surface area (Å²) in [6, 6.07) is 0. The van der Waals surface area contributed by atoms with Gasteiger partial charge in [0.05, 0.1) is 13.2 Å². The molecule has 0 unspecified atom stereocenters. The highest BCUT2D eigenvalue weighted by Crippen LogP contribution is 2.15. The Hall–Kier alpha value is -0.650. The first-order valence-electron chi connectivity index (χ1n) is 20.3. The van der Waals surface area contributed by atoms with Crippen molar-refractivity contribution in [2.45, 2.75) is 219 Å². The van der Waals surface area contributed by atoms with Crippen molar-refractivity contribution >= 4 is 5.97 Å². The second kappa shape index (κ2) is 43.4. The molecule has 0 aliphatic rings. The number of hydrogen-bond acceptors (Lipinski definition) is 4. The van der Waals surface area contributed by atoms with Crippen molar-refractivity contribution in [1.29, 1.82) is 0 Å². The fraction of sp³-hybridized carbons (Fsp3) is 0.975. The maximum Gasteiger partial charge on any atom is 0.303 e. The van der Waals surface area contributed by atoms with Crippen molar-refractivity contribution in [2.75, 3.05) is 32.8 Å². The van der Waals surface area contributed by atoms with Crippen LogP contribution in [0.1, 0.15) is 219 Å². The van der Waals surface area contributed by atoms with E-state index in [0.717, 1.165) is 19.4 Å². The summed E-state index contributed by atoms with van der Waals surface area (Å²) in [7, 11) is 0. The van der Waals surface area contributed by atoms with E-state index in [4.69, 9.17) is 15.3 Å². The van der Waals surface area contributed by atoms with Gasteiger partial charge in [-0.2, -0.15) is 0 Å². The second-order valence-electron chi connectivity index (χ2n) is 13.7. The lowest BCUT2D eigenvalue weighted by Crippen LogP contribution is -2.30. The van der Waals surface area contributed by atoms with Gasteiger partial charge in [-0.25, -0.2) is 0 Å². The first-order chi connectivity index (χ1) is 22.1. The van der Waals surface area contributed by atoms with Crippen LogP contribution in [0, 0.1) is 0 Å². The van der Waals surface area contributed by atoms with E-state index in [-0.39, 0.29) is 13.2 Å². The van der Waals surface area contributed by atoms with Crippen LogP contribution in [0.3, 0.4) is 0 Å². The van der Waals surface area contributed by atoms with Crippen molar-refractivity contribution in [1.82, 2.24) is 4.90 Å². The number of aliphatic hydroxyl groups excluding tert-OH is 2. The molecule has 0 aromatic heterocycles. The van der Waals surface area contributed by atoms with E-state index in [9.17, 15) is 4.79 Å². The average molecular weight is 642 g/mol. The lowest BCUT2D eigenvalue weighted by atomic mass is 10.0. The Morgan fingerprint density at radius 3 is 0.867 bits per heavy atom. The second-order valence-corrected chi connectivity index (χ2v) is 13.7. The van der Waals surface area contributed by atoms with Crippen LogP contribution in [0.4, 0.5) is 0 Å². The third-order valence-corrected chi connectivity index (χ3v) is 9.15. The molecule has 0 saturated heterocycles. The molecule has 0 aromatic rings. The SMILES string of the molecule is CCCCCCCCCCCCCCCCCCC(=O)O.CCCCCCCCCCCCCCCCCN(CCO)CCO. The van der Waals surface area contributed by atoms with Crippen molar-refractivity contribution in [3.05, 3.63) is 0 Å². The number of aliphatic hydroxyl groups is 2. The zero-order valence-corrected chi connectivity index (χ0v) is 30.9. The maximum atomic E-state index is 10.3. The topological polar surface area (TPSA) is 81.0 Å². The minimum atomic E-state index is -0.652. The van der Waals surface area contributed by atoms with Gasteiger partial charge >= 0.3 is 5.97 Å². The van der Waals surface area contributed by atoms with E-state index in [1.54, 1.807) is 0 Å². The molecule has 0 rings (SSSR count). The van der Waals surface area contributed by atoms with Crippen LogP contribution in [0.5, 0.6) is 0 Å². The summed E-state index contributed by atoms with van der Waals surface area (Å²) in [6.45, 7) is 7.34. The quantitative estimate of drug-likeness (QED) is 0.0588. The van der Waals surface area contributed by atoms with E-state index in [0.29, 0.717) is 19.5 Å². The Balaban J connectivity index is 0. The van der Waals surface area contributed by atoms with Gasteiger partial charge in [-0.1, -0.05) is 200 Å². The fourth-order valence-corrected chi connectivity index (χ4v) is 6.15. The summed E-state index contributed by atoms with van der Waals surface area (Å²) in [5.41, 5.74) is 0. The molecule has 0 aliphatic heterocycles. The fourth-order valence-electron chi connectivity index (χ4n) is 6.15. The summed E-state index contributed by atoms with van der Waals surface area (Å²) in [4.78, 5) is 12.5. The molecule has 0 saturated carbocycles. The molecule has 0 atom stereocenters. The van der Waals surface area contributed by atoms with Crippen LogP contribution in [0.15, 0.2) is 0 Å². The number of aliphatic carboxylic acids is 1. The van der Waals surface area contributed by atoms with Crippen LogP contribution < -0.4 is 0 Å². The van der Waals surface area contributed by atoms with E-state index < -0.39 is 5.97 Å². The van der Waals surface area contributed by atoms with Gasteiger partial charge in [0.15, 0.2) is 0 Å². The number of carbonyl (C=O) groups is 1. The zero-order chi connectivity index (χ0) is 33.3. The summed E-state index contributed by atoms with van der Waals surface area (Å²) in [5, 5.41) is 26.5. The van der Waals surface area contributed by atoms with Gasteiger partial charge < -0.3 is 15.3 Å². The zero-order valence-electron chi connectivity index (χ0n) is 30.9. The molecule has 0 spiro atoms. The van der Waals surface area contributed by atoms with E-state index >= 15 is 0 Å². The van der Waals surface area contributed by atoms with E-state index in [1.165, 1.54) is 186 Å². The van der Waals surface area contributed by atoms with Gasteiger partial charge in [0, 0.05) is 19.5 Å². The monoisotopic (exact) mass is 642 g/mol.